The van der Waals surface area contributed by atoms with Crippen LogP contribution in [0, 0.1) is 5.92 Å². The fourth-order valence-electron chi connectivity index (χ4n) is 10.9. The number of fused-ring (bicyclic) bond motifs is 8. The number of para-hydroxylation sites is 2. The zero-order valence-electron chi connectivity index (χ0n) is 36.7. The second-order valence-corrected chi connectivity index (χ2v) is 18.6. The molecule has 64 heavy (non-hydrogen) atoms. The molecule has 0 saturated carbocycles. The normalized spacial score (nSPS) is 15.4. The molecule has 0 saturated heterocycles. The van der Waals surface area contributed by atoms with Gasteiger partial charge in [-0.2, -0.15) is 9.97 Å². The summed E-state index contributed by atoms with van der Waals surface area (Å²) in [7, 11) is 0. The van der Waals surface area contributed by atoms with Gasteiger partial charge >= 0.3 is 0 Å². The van der Waals surface area contributed by atoms with E-state index in [2.05, 4.69) is 232 Å². The van der Waals surface area contributed by atoms with Crippen LogP contribution in [0.5, 0.6) is 0 Å². The molecule has 11 aromatic rings. The van der Waals surface area contributed by atoms with Gasteiger partial charge in [0.2, 0.25) is 5.95 Å². The lowest BCUT2D eigenvalue weighted by molar-refractivity contribution is 0.264. The van der Waals surface area contributed by atoms with Gasteiger partial charge in [-0.25, -0.2) is 4.98 Å². The van der Waals surface area contributed by atoms with Gasteiger partial charge in [0.15, 0.2) is 11.6 Å². The first-order valence-electron chi connectivity index (χ1n) is 22.4. The Morgan fingerprint density at radius 3 is 1.34 bits per heavy atom. The highest BCUT2D eigenvalue weighted by Gasteiger charge is 2.50. The second kappa shape index (κ2) is 14.2. The van der Waals surface area contributed by atoms with Gasteiger partial charge < -0.3 is 4.57 Å². The van der Waals surface area contributed by atoms with Gasteiger partial charge in [0.25, 0.3) is 0 Å². The molecule has 0 aliphatic heterocycles. The average molecular weight is 826 g/mol. The van der Waals surface area contributed by atoms with Crippen LogP contribution < -0.4 is 0 Å². The third-order valence-corrected chi connectivity index (χ3v) is 14.6. The van der Waals surface area contributed by atoms with Crippen molar-refractivity contribution in [2.75, 3.05) is 0 Å². The number of benzene rings is 8. The Morgan fingerprint density at radius 1 is 0.375 bits per heavy atom. The van der Waals surface area contributed by atoms with Crippen LogP contribution in [0.1, 0.15) is 45.7 Å². The monoisotopic (exact) mass is 825 g/mol. The minimum Gasteiger partial charge on any atom is -0.307 e. The van der Waals surface area contributed by atoms with Crippen LogP contribution in [0.4, 0.5) is 0 Å². The summed E-state index contributed by atoms with van der Waals surface area (Å²) in [6.45, 7) is 12.1. The van der Waals surface area contributed by atoms with Crippen molar-refractivity contribution >= 4 is 43.6 Å². The number of rotatable bonds is 6. The number of hydrogen-bond donors (Lipinski definition) is 0. The quantitative estimate of drug-likeness (QED) is 0.168. The summed E-state index contributed by atoms with van der Waals surface area (Å²) in [5.41, 5.74) is 14.9. The molecule has 3 aromatic heterocycles. The van der Waals surface area contributed by atoms with Gasteiger partial charge in [-0.05, 0) is 68.3 Å². The Balaban J connectivity index is 1.16. The number of nitrogens with zero attached hydrogens (tertiary/aromatic N) is 5. The molecule has 1 aliphatic rings. The van der Waals surface area contributed by atoms with Crippen LogP contribution >= 0.6 is 0 Å². The molecule has 0 radical (unpaired) electrons. The smallest absolute Gasteiger partial charge is 0.238 e. The first-order chi connectivity index (χ1) is 31.2. The molecular weight excluding hydrogens is 779 g/mol. The van der Waals surface area contributed by atoms with E-state index in [1.165, 1.54) is 44.2 Å². The average Bonchev–Trinajstić information content (AvgIpc) is 3.91. The molecule has 5 nitrogen and oxygen atoms in total. The molecule has 3 heterocycles. The van der Waals surface area contributed by atoms with Crippen LogP contribution in [0.25, 0.3) is 100 Å². The molecule has 1 unspecified atom stereocenters. The van der Waals surface area contributed by atoms with E-state index in [0.717, 1.165) is 49.6 Å². The maximum atomic E-state index is 5.44. The Kier molecular flexibility index (Phi) is 8.45. The molecule has 0 amide bonds. The molecule has 0 bridgehead atoms. The SMILES string of the molecule is CC1C(C)(C)c2cccc(-n3c4ccccc4c4ccc5c6ccccc6n(-c6nc(-c7ccc(-c8ccccc8)cc7)nc(-c7ccc(-c8ccccc8)cc7)n6)c5c43)c2C1(C)C. The van der Waals surface area contributed by atoms with Crippen molar-refractivity contribution in [2.45, 2.75) is 45.4 Å². The molecular formula is C59H47N5. The summed E-state index contributed by atoms with van der Waals surface area (Å²) in [6.07, 6.45) is 0. The maximum Gasteiger partial charge on any atom is 0.238 e. The van der Waals surface area contributed by atoms with Gasteiger partial charge in [0.05, 0.1) is 27.8 Å². The predicted molar refractivity (Wildman–Crippen MR) is 265 cm³/mol. The van der Waals surface area contributed by atoms with Gasteiger partial charge in [-0.3, -0.25) is 4.57 Å². The maximum absolute atomic E-state index is 5.44. The zero-order valence-corrected chi connectivity index (χ0v) is 36.7. The summed E-state index contributed by atoms with van der Waals surface area (Å²) >= 11 is 0. The van der Waals surface area contributed by atoms with Gasteiger partial charge in [-0.1, -0.05) is 204 Å². The van der Waals surface area contributed by atoms with E-state index in [1.807, 2.05) is 0 Å². The molecule has 1 aliphatic carbocycles. The highest BCUT2D eigenvalue weighted by molar-refractivity contribution is 6.23. The van der Waals surface area contributed by atoms with Gasteiger partial charge in [0, 0.05) is 32.7 Å². The topological polar surface area (TPSA) is 48.5 Å². The van der Waals surface area contributed by atoms with Crippen LogP contribution in [0.15, 0.2) is 188 Å². The summed E-state index contributed by atoms with van der Waals surface area (Å²) < 4.78 is 4.85. The summed E-state index contributed by atoms with van der Waals surface area (Å²) in [6, 6.07) is 67.3. The van der Waals surface area contributed by atoms with Crippen LogP contribution in [-0.2, 0) is 10.8 Å². The Morgan fingerprint density at radius 2 is 0.812 bits per heavy atom. The Bertz CT molecular complexity index is 3490. The lowest BCUT2D eigenvalue weighted by Gasteiger charge is -2.33. The van der Waals surface area contributed by atoms with Crippen molar-refractivity contribution in [3.05, 3.63) is 199 Å². The highest BCUT2D eigenvalue weighted by atomic mass is 15.2. The van der Waals surface area contributed by atoms with E-state index < -0.39 is 0 Å². The standard InChI is InChI=1S/C59H47N5/c1-37-58(2,3)48-23-16-26-51(52(48)59(37,4)5)63-49-24-14-12-21-44(49)46-35-36-47-45-22-13-15-25-50(45)64(54(47)53(46)63)57-61-55(42-31-27-40(28-32-42)38-17-8-6-9-18-38)60-56(62-57)43-33-29-41(30-34-43)39-19-10-7-11-20-39/h6-37H,1-5H3. The van der Waals surface area contributed by atoms with Crippen LogP contribution in [0.2, 0.25) is 0 Å². The highest BCUT2D eigenvalue weighted by Crippen LogP contribution is 2.56. The first kappa shape index (κ1) is 38.1. The zero-order chi connectivity index (χ0) is 43.3. The van der Waals surface area contributed by atoms with Crippen molar-refractivity contribution in [2.24, 2.45) is 5.92 Å². The second-order valence-electron chi connectivity index (χ2n) is 18.6. The van der Waals surface area contributed by atoms with E-state index in [9.17, 15) is 0 Å². The Labute approximate surface area is 373 Å². The minimum atomic E-state index is -0.0716. The predicted octanol–water partition coefficient (Wildman–Crippen LogP) is 14.9. The van der Waals surface area contributed by atoms with Crippen molar-refractivity contribution in [1.29, 1.82) is 0 Å². The van der Waals surface area contributed by atoms with Crippen molar-refractivity contribution in [3.8, 4) is 56.7 Å². The van der Waals surface area contributed by atoms with E-state index in [-0.39, 0.29) is 10.8 Å². The van der Waals surface area contributed by atoms with Crippen molar-refractivity contribution in [3.63, 3.8) is 0 Å². The van der Waals surface area contributed by atoms with Gasteiger partial charge in [0.1, 0.15) is 0 Å². The molecule has 12 rings (SSSR count). The van der Waals surface area contributed by atoms with Crippen LogP contribution in [0.3, 0.4) is 0 Å². The molecule has 5 heteroatoms. The van der Waals surface area contributed by atoms with E-state index in [0.29, 0.717) is 23.5 Å². The lowest BCUT2D eigenvalue weighted by atomic mass is 9.71. The fourth-order valence-corrected chi connectivity index (χ4v) is 10.9. The number of aromatic nitrogens is 5. The van der Waals surface area contributed by atoms with Crippen LogP contribution in [-0.4, -0.2) is 24.1 Å². The largest absolute Gasteiger partial charge is 0.307 e. The minimum absolute atomic E-state index is 0.00803. The van der Waals surface area contributed by atoms with Gasteiger partial charge in [-0.15, -0.1) is 0 Å². The molecule has 0 fully saturated rings. The molecule has 8 aromatic carbocycles. The van der Waals surface area contributed by atoms with Crippen molar-refractivity contribution < 1.29 is 0 Å². The summed E-state index contributed by atoms with van der Waals surface area (Å²) in [5, 5.41) is 4.70. The molecule has 0 N–H and O–H groups in total. The van der Waals surface area contributed by atoms with E-state index in [4.69, 9.17) is 15.0 Å². The summed E-state index contributed by atoms with van der Waals surface area (Å²) in [4.78, 5) is 16.1. The first-order valence-corrected chi connectivity index (χ1v) is 22.4. The Hall–Kier alpha value is -7.63. The summed E-state index contributed by atoms with van der Waals surface area (Å²) in [5.74, 6) is 2.23. The lowest BCUT2D eigenvalue weighted by Crippen LogP contribution is -2.31. The van der Waals surface area contributed by atoms with Crippen molar-refractivity contribution in [1.82, 2.24) is 24.1 Å². The molecule has 308 valence electrons. The third-order valence-electron chi connectivity index (χ3n) is 14.6. The van der Waals surface area contributed by atoms with E-state index in [1.54, 1.807) is 0 Å². The fraction of sp³-hybridized carbons (Fsp3) is 0.136. The third kappa shape index (κ3) is 5.66. The molecule has 0 spiro atoms. The molecule has 1 atom stereocenters. The number of hydrogen-bond acceptors (Lipinski definition) is 3. The van der Waals surface area contributed by atoms with E-state index >= 15 is 0 Å².